The van der Waals surface area contributed by atoms with E-state index in [-0.39, 0.29) is 6.61 Å². The number of hydrogen-bond acceptors (Lipinski definition) is 3. The molecule has 0 amide bonds. The number of rotatable bonds is 5. The zero-order valence-corrected chi connectivity index (χ0v) is 8.82. The van der Waals surface area contributed by atoms with Gasteiger partial charge in [-0.3, -0.25) is 0 Å². The van der Waals surface area contributed by atoms with Gasteiger partial charge >= 0.3 is 5.97 Å². The first-order chi connectivity index (χ1) is 7.17. The lowest BCUT2D eigenvalue weighted by atomic mass is 10.1. The SMILES string of the molecule is CCc1cc(OCC(=O)O)ccc1OC. The molecule has 4 nitrogen and oxygen atoms in total. The summed E-state index contributed by atoms with van der Waals surface area (Å²) in [4.78, 5) is 10.3. The number of hydrogen-bond donors (Lipinski definition) is 1. The Bertz CT molecular complexity index is 346. The van der Waals surface area contributed by atoms with E-state index in [1.807, 2.05) is 6.92 Å². The van der Waals surface area contributed by atoms with Gasteiger partial charge in [0.25, 0.3) is 0 Å². The molecule has 0 unspecified atom stereocenters. The molecule has 4 heteroatoms. The van der Waals surface area contributed by atoms with Crippen LogP contribution in [0.4, 0.5) is 0 Å². The van der Waals surface area contributed by atoms with Gasteiger partial charge in [-0.25, -0.2) is 4.79 Å². The quantitative estimate of drug-likeness (QED) is 0.804. The van der Waals surface area contributed by atoms with Gasteiger partial charge < -0.3 is 14.6 Å². The Morgan fingerprint density at radius 2 is 2.20 bits per heavy atom. The summed E-state index contributed by atoms with van der Waals surface area (Å²) < 4.78 is 10.2. The third kappa shape index (κ3) is 3.16. The van der Waals surface area contributed by atoms with Crippen molar-refractivity contribution in [3.05, 3.63) is 23.8 Å². The second-order valence-corrected chi connectivity index (χ2v) is 3.01. The molecular formula is C11H14O4. The molecule has 0 saturated carbocycles. The zero-order chi connectivity index (χ0) is 11.3. The highest BCUT2D eigenvalue weighted by atomic mass is 16.5. The van der Waals surface area contributed by atoms with E-state index in [1.54, 1.807) is 25.3 Å². The summed E-state index contributed by atoms with van der Waals surface area (Å²) in [5.74, 6) is 0.360. The van der Waals surface area contributed by atoms with Crippen molar-refractivity contribution < 1.29 is 19.4 Å². The van der Waals surface area contributed by atoms with Crippen LogP contribution in [-0.4, -0.2) is 24.8 Å². The van der Waals surface area contributed by atoms with Crippen molar-refractivity contribution in [2.45, 2.75) is 13.3 Å². The lowest BCUT2D eigenvalue weighted by Crippen LogP contribution is -2.09. The summed E-state index contributed by atoms with van der Waals surface area (Å²) in [6.45, 7) is 1.67. The van der Waals surface area contributed by atoms with Gasteiger partial charge in [0.15, 0.2) is 6.61 Å². The van der Waals surface area contributed by atoms with Crippen LogP contribution < -0.4 is 9.47 Å². The molecule has 0 bridgehead atoms. The van der Waals surface area contributed by atoms with Crippen molar-refractivity contribution in [2.24, 2.45) is 0 Å². The van der Waals surface area contributed by atoms with Gasteiger partial charge in [0.2, 0.25) is 0 Å². The minimum absolute atomic E-state index is 0.324. The fourth-order valence-corrected chi connectivity index (χ4v) is 1.27. The number of carboxylic acid groups (broad SMARTS) is 1. The van der Waals surface area contributed by atoms with Crippen molar-refractivity contribution in [3.63, 3.8) is 0 Å². The first-order valence-corrected chi connectivity index (χ1v) is 4.69. The average Bonchev–Trinajstić information content (AvgIpc) is 2.25. The number of carbonyl (C=O) groups is 1. The van der Waals surface area contributed by atoms with Crippen LogP contribution in [0.3, 0.4) is 0 Å². The van der Waals surface area contributed by atoms with Gasteiger partial charge in [-0.2, -0.15) is 0 Å². The van der Waals surface area contributed by atoms with E-state index in [9.17, 15) is 4.79 Å². The number of ether oxygens (including phenoxy) is 2. The Balaban J connectivity index is 2.78. The molecule has 0 aliphatic heterocycles. The number of carboxylic acids is 1. The normalized spacial score (nSPS) is 9.73. The van der Waals surface area contributed by atoms with Crippen LogP contribution in [0, 0.1) is 0 Å². The third-order valence-corrected chi connectivity index (χ3v) is 2.00. The zero-order valence-electron chi connectivity index (χ0n) is 8.82. The minimum Gasteiger partial charge on any atom is -0.496 e. The number of methoxy groups -OCH3 is 1. The fraction of sp³-hybridized carbons (Fsp3) is 0.364. The molecule has 82 valence electrons. The van der Waals surface area contributed by atoms with Crippen molar-refractivity contribution in [1.29, 1.82) is 0 Å². The standard InChI is InChI=1S/C11H14O4/c1-3-8-6-9(15-7-11(12)13)4-5-10(8)14-2/h4-6H,3,7H2,1-2H3,(H,12,13). The Morgan fingerprint density at radius 3 is 2.73 bits per heavy atom. The molecule has 0 radical (unpaired) electrons. The summed E-state index contributed by atoms with van der Waals surface area (Å²) in [5, 5.41) is 8.45. The van der Waals surface area contributed by atoms with Crippen molar-refractivity contribution in [3.8, 4) is 11.5 Å². The lowest BCUT2D eigenvalue weighted by molar-refractivity contribution is -0.139. The molecule has 1 aromatic carbocycles. The van der Waals surface area contributed by atoms with E-state index in [4.69, 9.17) is 14.6 Å². The van der Waals surface area contributed by atoms with Crippen LogP contribution in [0.25, 0.3) is 0 Å². The highest BCUT2D eigenvalue weighted by Crippen LogP contribution is 2.24. The third-order valence-electron chi connectivity index (χ3n) is 2.00. The van der Waals surface area contributed by atoms with Gasteiger partial charge in [-0.15, -0.1) is 0 Å². The minimum atomic E-state index is -0.983. The molecule has 0 saturated heterocycles. The number of aliphatic carboxylic acids is 1. The monoisotopic (exact) mass is 210 g/mol. The molecule has 1 aromatic rings. The van der Waals surface area contributed by atoms with Crippen LogP contribution in [-0.2, 0) is 11.2 Å². The maximum absolute atomic E-state index is 10.3. The first-order valence-electron chi connectivity index (χ1n) is 4.69. The van der Waals surface area contributed by atoms with E-state index in [0.29, 0.717) is 5.75 Å². The van der Waals surface area contributed by atoms with Gasteiger partial charge in [0, 0.05) is 0 Å². The molecule has 0 spiro atoms. The van der Waals surface area contributed by atoms with Crippen LogP contribution in [0.15, 0.2) is 18.2 Å². The molecule has 15 heavy (non-hydrogen) atoms. The molecule has 0 heterocycles. The highest BCUT2D eigenvalue weighted by molar-refractivity contribution is 5.68. The van der Waals surface area contributed by atoms with Crippen LogP contribution in [0.2, 0.25) is 0 Å². The Hall–Kier alpha value is -1.71. The summed E-state index contributed by atoms with van der Waals surface area (Å²) >= 11 is 0. The summed E-state index contributed by atoms with van der Waals surface area (Å²) in [5.41, 5.74) is 1.00. The van der Waals surface area contributed by atoms with Crippen molar-refractivity contribution >= 4 is 5.97 Å². The molecular weight excluding hydrogens is 196 g/mol. The van der Waals surface area contributed by atoms with E-state index < -0.39 is 5.97 Å². The second-order valence-electron chi connectivity index (χ2n) is 3.01. The average molecular weight is 210 g/mol. The molecule has 0 atom stereocenters. The summed E-state index contributed by atoms with van der Waals surface area (Å²) in [6, 6.07) is 5.26. The van der Waals surface area contributed by atoms with Gasteiger partial charge in [-0.05, 0) is 30.2 Å². The Morgan fingerprint density at radius 1 is 1.47 bits per heavy atom. The van der Waals surface area contributed by atoms with E-state index >= 15 is 0 Å². The number of benzene rings is 1. The topological polar surface area (TPSA) is 55.8 Å². The van der Waals surface area contributed by atoms with Crippen molar-refractivity contribution in [1.82, 2.24) is 0 Å². The number of aryl methyl sites for hydroxylation is 1. The van der Waals surface area contributed by atoms with Gasteiger partial charge in [-0.1, -0.05) is 6.92 Å². The van der Waals surface area contributed by atoms with Crippen LogP contribution in [0.1, 0.15) is 12.5 Å². The first kappa shape index (κ1) is 11.4. The maximum atomic E-state index is 10.3. The maximum Gasteiger partial charge on any atom is 0.341 e. The molecule has 1 N–H and O–H groups in total. The van der Waals surface area contributed by atoms with Crippen molar-refractivity contribution in [2.75, 3.05) is 13.7 Å². The lowest BCUT2D eigenvalue weighted by Gasteiger charge is -2.09. The van der Waals surface area contributed by atoms with E-state index in [0.717, 1.165) is 17.7 Å². The van der Waals surface area contributed by atoms with E-state index in [2.05, 4.69) is 0 Å². The molecule has 0 fully saturated rings. The largest absolute Gasteiger partial charge is 0.496 e. The van der Waals surface area contributed by atoms with Gasteiger partial charge in [0.05, 0.1) is 7.11 Å². The smallest absolute Gasteiger partial charge is 0.341 e. The predicted octanol–water partition coefficient (Wildman–Crippen LogP) is 1.72. The molecule has 0 aromatic heterocycles. The van der Waals surface area contributed by atoms with E-state index in [1.165, 1.54) is 0 Å². The Labute approximate surface area is 88.4 Å². The highest BCUT2D eigenvalue weighted by Gasteiger charge is 2.04. The molecule has 0 aliphatic carbocycles. The molecule has 1 rings (SSSR count). The molecule has 0 aliphatic rings. The summed E-state index contributed by atoms with van der Waals surface area (Å²) in [7, 11) is 1.60. The summed E-state index contributed by atoms with van der Waals surface area (Å²) in [6.07, 6.45) is 0.813. The van der Waals surface area contributed by atoms with Crippen LogP contribution in [0.5, 0.6) is 11.5 Å². The van der Waals surface area contributed by atoms with Crippen LogP contribution >= 0.6 is 0 Å². The second kappa shape index (κ2) is 5.24. The fourth-order valence-electron chi connectivity index (χ4n) is 1.27. The predicted molar refractivity (Wildman–Crippen MR) is 55.5 cm³/mol. The van der Waals surface area contributed by atoms with Gasteiger partial charge in [0.1, 0.15) is 11.5 Å². The Kier molecular flexibility index (Phi) is 3.97.